The number of nitrogens with zero attached hydrogens (tertiary/aromatic N) is 4. The lowest BCUT2D eigenvalue weighted by molar-refractivity contribution is 0.217. The summed E-state index contributed by atoms with van der Waals surface area (Å²) in [6, 6.07) is 3.81. The quantitative estimate of drug-likeness (QED) is 0.764. The zero-order valence-electron chi connectivity index (χ0n) is 14.2. The Morgan fingerprint density at radius 2 is 2.32 bits per heavy atom. The van der Waals surface area contributed by atoms with Gasteiger partial charge in [0.25, 0.3) is 0 Å². The molecule has 7 heteroatoms. The molecule has 0 saturated carbocycles. The van der Waals surface area contributed by atoms with Crippen LogP contribution in [0.5, 0.6) is 0 Å². The SMILES string of the molecule is CN1CCCC(CNc2nc(-c3c[nH]c4ncccc34)ncc2F)C1. The number of aromatic nitrogens is 4. The molecule has 0 aliphatic carbocycles. The van der Waals surface area contributed by atoms with Gasteiger partial charge < -0.3 is 15.2 Å². The van der Waals surface area contributed by atoms with Gasteiger partial charge in [-0.15, -0.1) is 0 Å². The number of aromatic amines is 1. The number of hydrogen-bond acceptors (Lipinski definition) is 5. The molecule has 3 aromatic rings. The van der Waals surface area contributed by atoms with Gasteiger partial charge in [-0.3, -0.25) is 0 Å². The van der Waals surface area contributed by atoms with Gasteiger partial charge >= 0.3 is 0 Å². The Labute approximate surface area is 145 Å². The zero-order valence-corrected chi connectivity index (χ0v) is 14.2. The molecule has 3 aromatic heterocycles. The van der Waals surface area contributed by atoms with Crippen LogP contribution in [0.4, 0.5) is 10.2 Å². The number of H-pyrrole nitrogens is 1. The van der Waals surface area contributed by atoms with Gasteiger partial charge in [-0.2, -0.15) is 0 Å². The molecule has 25 heavy (non-hydrogen) atoms. The van der Waals surface area contributed by atoms with Crippen molar-refractivity contribution < 1.29 is 4.39 Å². The first-order valence-electron chi connectivity index (χ1n) is 8.58. The van der Waals surface area contributed by atoms with E-state index in [-0.39, 0.29) is 5.82 Å². The molecule has 1 aliphatic rings. The van der Waals surface area contributed by atoms with Gasteiger partial charge in [-0.1, -0.05) is 0 Å². The second-order valence-corrected chi connectivity index (χ2v) is 6.64. The highest BCUT2D eigenvalue weighted by atomic mass is 19.1. The summed E-state index contributed by atoms with van der Waals surface area (Å²) in [6.45, 7) is 2.88. The van der Waals surface area contributed by atoms with Crippen molar-refractivity contribution in [3.8, 4) is 11.4 Å². The van der Waals surface area contributed by atoms with Gasteiger partial charge in [-0.25, -0.2) is 19.3 Å². The summed E-state index contributed by atoms with van der Waals surface area (Å²) in [7, 11) is 2.13. The highest BCUT2D eigenvalue weighted by molar-refractivity contribution is 5.91. The average Bonchev–Trinajstić information content (AvgIpc) is 3.05. The summed E-state index contributed by atoms with van der Waals surface area (Å²) in [5.74, 6) is 0.833. The van der Waals surface area contributed by atoms with Crippen molar-refractivity contribution >= 4 is 16.9 Å². The lowest BCUT2D eigenvalue weighted by Crippen LogP contribution is -2.35. The Morgan fingerprint density at radius 3 is 3.20 bits per heavy atom. The normalized spacial score (nSPS) is 18.6. The molecule has 1 saturated heterocycles. The largest absolute Gasteiger partial charge is 0.367 e. The molecule has 2 N–H and O–H groups in total. The van der Waals surface area contributed by atoms with E-state index in [1.807, 2.05) is 18.3 Å². The minimum atomic E-state index is -0.425. The summed E-state index contributed by atoms with van der Waals surface area (Å²) in [5.41, 5.74) is 1.59. The van der Waals surface area contributed by atoms with E-state index in [0.717, 1.165) is 36.1 Å². The molecule has 0 bridgehead atoms. The third-order valence-corrected chi connectivity index (χ3v) is 4.72. The first kappa shape index (κ1) is 16.0. The fourth-order valence-corrected chi connectivity index (χ4v) is 3.44. The van der Waals surface area contributed by atoms with Crippen LogP contribution in [-0.4, -0.2) is 51.5 Å². The van der Waals surface area contributed by atoms with Crippen LogP contribution in [0.3, 0.4) is 0 Å². The minimum absolute atomic E-state index is 0.261. The van der Waals surface area contributed by atoms with Gasteiger partial charge in [0.15, 0.2) is 17.5 Å². The molecule has 0 amide bonds. The maximum atomic E-state index is 14.1. The summed E-state index contributed by atoms with van der Waals surface area (Å²) >= 11 is 0. The fourth-order valence-electron chi connectivity index (χ4n) is 3.44. The molecule has 1 atom stereocenters. The van der Waals surface area contributed by atoms with Crippen molar-refractivity contribution in [3.05, 3.63) is 36.5 Å². The zero-order chi connectivity index (χ0) is 17.2. The third kappa shape index (κ3) is 3.32. The lowest BCUT2D eigenvalue weighted by atomic mass is 9.98. The van der Waals surface area contributed by atoms with Gasteiger partial charge in [0.1, 0.15) is 5.65 Å². The second kappa shape index (κ2) is 6.76. The van der Waals surface area contributed by atoms with Crippen LogP contribution in [0.1, 0.15) is 12.8 Å². The van der Waals surface area contributed by atoms with Crippen LogP contribution in [-0.2, 0) is 0 Å². The summed E-state index contributed by atoms with van der Waals surface area (Å²) in [6.07, 6.45) is 7.10. The molecule has 0 spiro atoms. The molecule has 130 valence electrons. The monoisotopic (exact) mass is 340 g/mol. The van der Waals surface area contributed by atoms with Crippen molar-refractivity contribution in [1.29, 1.82) is 0 Å². The number of fused-ring (bicyclic) bond motifs is 1. The van der Waals surface area contributed by atoms with Crippen LogP contribution < -0.4 is 5.32 Å². The maximum absolute atomic E-state index is 14.1. The molecular formula is C18H21FN6. The molecule has 1 unspecified atom stereocenters. The van der Waals surface area contributed by atoms with E-state index in [2.05, 4.69) is 37.2 Å². The number of anilines is 1. The second-order valence-electron chi connectivity index (χ2n) is 6.64. The van der Waals surface area contributed by atoms with Crippen molar-refractivity contribution in [2.45, 2.75) is 12.8 Å². The van der Waals surface area contributed by atoms with E-state index in [9.17, 15) is 4.39 Å². The number of rotatable bonds is 4. The number of pyridine rings is 1. The van der Waals surface area contributed by atoms with E-state index >= 15 is 0 Å². The topological polar surface area (TPSA) is 69.7 Å². The Balaban J connectivity index is 1.56. The number of hydrogen-bond donors (Lipinski definition) is 2. The number of nitrogens with one attached hydrogen (secondary N) is 2. The summed E-state index contributed by atoms with van der Waals surface area (Å²) < 4.78 is 14.1. The van der Waals surface area contributed by atoms with Crippen LogP contribution in [0, 0.1) is 11.7 Å². The minimum Gasteiger partial charge on any atom is -0.367 e. The standard InChI is InChI=1S/C18H21FN6/c1-25-7-3-4-12(11-25)8-21-18-15(19)10-23-17(24-18)14-9-22-16-13(14)5-2-6-20-16/h2,5-6,9-10,12H,3-4,7-8,11H2,1H3,(H,20,22)(H,21,23,24). The molecule has 0 radical (unpaired) electrons. The maximum Gasteiger partial charge on any atom is 0.183 e. The highest BCUT2D eigenvalue weighted by Crippen LogP contribution is 2.26. The summed E-state index contributed by atoms with van der Waals surface area (Å²) in [4.78, 5) is 18.2. The third-order valence-electron chi connectivity index (χ3n) is 4.72. The van der Waals surface area contributed by atoms with Gasteiger partial charge in [0.2, 0.25) is 0 Å². The summed E-state index contributed by atoms with van der Waals surface area (Å²) in [5, 5.41) is 4.10. The Kier molecular flexibility index (Phi) is 4.31. The number of piperidine rings is 1. The predicted octanol–water partition coefficient (Wildman–Crippen LogP) is 2.91. The van der Waals surface area contributed by atoms with E-state index in [0.29, 0.717) is 18.3 Å². The fraction of sp³-hybridized carbons (Fsp3) is 0.389. The molecule has 1 aliphatic heterocycles. The van der Waals surface area contributed by atoms with Gasteiger partial charge in [0, 0.05) is 36.4 Å². The first-order chi connectivity index (χ1) is 12.2. The molecule has 4 heterocycles. The van der Waals surface area contributed by atoms with E-state index in [1.54, 1.807) is 6.20 Å². The Bertz CT molecular complexity index is 877. The lowest BCUT2D eigenvalue weighted by Gasteiger charge is -2.29. The Morgan fingerprint density at radius 1 is 1.40 bits per heavy atom. The number of likely N-dealkylation sites (tertiary alicyclic amines) is 1. The van der Waals surface area contributed by atoms with Crippen LogP contribution in [0.2, 0.25) is 0 Å². The van der Waals surface area contributed by atoms with Crippen molar-refractivity contribution in [3.63, 3.8) is 0 Å². The smallest absolute Gasteiger partial charge is 0.183 e. The average molecular weight is 340 g/mol. The van der Waals surface area contributed by atoms with E-state index < -0.39 is 5.82 Å². The van der Waals surface area contributed by atoms with Crippen LogP contribution >= 0.6 is 0 Å². The molecule has 4 rings (SSSR count). The van der Waals surface area contributed by atoms with E-state index in [4.69, 9.17) is 0 Å². The van der Waals surface area contributed by atoms with Crippen molar-refractivity contribution in [2.75, 3.05) is 32.0 Å². The van der Waals surface area contributed by atoms with Crippen LogP contribution in [0.15, 0.2) is 30.7 Å². The van der Waals surface area contributed by atoms with Crippen molar-refractivity contribution in [1.82, 2.24) is 24.8 Å². The molecule has 6 nitrogen and oxygen atoms in total. The van der Waals surface area contributed by atoms with Crippen LogP contribution in [0.25, 0.3) is 22.4 Å². The molecular weight excluding hydrogens is 319 g/mol. The predicted molar refractivity (Wildman–Crippen MR) is 95.8 cm³/mol. The van der Waals surface area contributed by atoms with Gasteiger partial charge in [0.05, 0.1) is 6.20 Å². The highest BCUT2D eigenvalue weighted by Gasteiger charge is 2.18. The Hall–Kier alpha value is -2.54. The number of halogens is 1. The van der Waals surface area contributed by atoms with E-state index in [1.165, 1.54) is 12.6 Å². The molecule has 0 aromatic carbocycles. The first-order valence-corrected chi connectivity index (χ1v) is 8.58. The van der Waals surface area contributed by atoms with Crippen molar-refractivity contribution in [2.24, 2.45) is 5.92 Å². The van der Waals surface area contributed by atoms with Gasteiger partial charge in [-0.05, 0) is 44.5 Å². The molecule has 1 fully saturated rings.